The Morgan fingerprint density at radius 3 is 2.39 bits per heavy atom. The van der Waals surface area contributed by atoms with E-state index in [9.17, 15) is 4.79 Å². The molecule has 0 bridgehead atoms. The van der Waals surface area contributed by atoms with E-state index in [-0.39, 0.29) is 5.54 Å². The summed E-state index contributed by atoms with van der Waals surface area (Å²) in [6.45, 7) is 8.67. The van der Waals surface area contributed by atoms with Gasteiger partial charge >= 0.3 is 0 Å². The van der Waals surface area contributed by atoms with E-state index in [1.165, 1.54) is 22.3 Å². The average molecular weight is 243 g/mol. The Morgan fingerprint density at radius 2 is 1.94 bits per heavy atom. The summed E-state index contributed by atoms with van der Waals surface area (Å²) in [5, 5.41) is 0. The second-order valence-electron chi connectivity index (χ2n) is 5.75. The molecule has 0 aromatic heterocycles. The molecule has 2 rings (SSSR count). The second-order valence-corrected chi connectivity index (χ2v) is 5.75. The maximum Gasteiger partial charge on any atom is 0.235 e. The number of benzene rings is 1. The Labute approximate surface area is 109 Å². The molecule has 1 aromatic carbocycles. The van der Waals surface area contributed by atoms with Gasteiger partial charge in [-0.15, -0.1) is 0 Å². The van der Waals surface area contributed by atoms with E-state index in [1.807, 2.05) is 0 Å². The summed E-state index contributed by atoms with van der Waals surface area (Å²) in [5.41, 5.74) is 4.87. The van der Waals surface area contributed by atoms with Gasteiger partial charge in [-0.2, -0.15) is 4.99 Å². The van der Waals surface area contributed by atoms with Crippen LogP contribution in [0, 0.1) is 13.8 Å². The molecule has 0 unspecified atom stereocenters. The zero-order valence-corrected chi connectivity index (χ0v) is 11.7. The molecule has 0 heterocycles. The van der Waals surface area contributed by atoms with Gasteiger partial charge in [0.1, 0.15) is 0 Å². The molecule has 0 saturated heterocycles. The predicted octanol–water partition coefficient (Wildman–Crippen LogP) is 4.14. The molecule has 0 amide bonds. The highest BCUT2D eigenvalue weighted by atomic mass is 16.1. The number of isocyanates is 1. The SMILES string of the molecule is Cc1cc(C(C)C)cc(C2(N=C=O)CCC2)c1C. The molecule has 0 atom stereocenters. The number of nitrogens with zero attached hydrogens (tertiary/aromatic N) is 1. The zero-order valence-electron chi connectivity index (χ0n) is 11.7. The van der Waals surface area contributed by atoms with Gasteiger partial charge in [-0.05, 0) is 61.3 Å². The van der Waals surface area contributed by atoms with Crippen molar-refractivity contribution >= 4 is 6.08 Å². The highest BCUT2D eigenvalue weighted by molar-refractivity contribution is 5.47. The number of hydrogen-bond acceptors (Lipinski definition) is 2. The van der Waals surface area contributed by atoms with Gasteiger partial charge in [0.15, 0.2) is 0 Å². The lowest BCUT2D eigenvalue weighted by atomic mass is 9.70. The van der Waals surface area contributed by atoms with Gasteiger partial charge < -0.3 is 0 Å². The van der Waals surface area contributed by atoms with E-state index in [0.717, 1.165) is 19.3 Å². The van der Waals surface area contributed by atoms with Gasteiger partial charge in [-0.3, -0.25) is 0 Å². The van der Waals surface area contributed by atoms with Crippen LogP contribution in [0.2, 0.25) is 0 Å². The fourth-order valence-electron chi connectivity index (χ4n) is 2.74. The minimum Gasteiger partial charge on any atom is -0.211 e. The number of aryl methyl sites for hydroxylation is 1. The number of hydrogen-bond donors (Lipinski definition) is 0. The normalized spacial score (nSPS) is 17.2. The second kappa shape index (κ2) is 4.70. The summed E-state index contributed by atoms with van der Waals surface area (Å²) in [6, 6.07) is 4.49. The van der Waals surface area contributed by atoms with E-state index < -0.39 is 0 Å². The minimum atomic E-state index is -0.276. The van der Waals surface area contributed by atoms with Crippen LogP contribution in [0.1, 0.15) is 61.3 Å². The van der Waals surface area contributed by atoms with Crippen molar-refractivity contribution < 1.29 is 4.79 Å². The molecule has 1 fully saturated rings. The maximum absolute atomic E-state index is 10.7. The van der Waals surface area contributed by atoms with Crippen LogP contribution < -0.4 is 0 Å². The number of aliphatic imine (C=N–C) groups is 1. The Morgan fingerprint density at radius 1 is 1.28 bits per heavy atom. The van der Waals surface area contributed by atoms with Crippen molar-refractivity contribution in [3.8, 4) is 0 Å². The van der Waals surface area contributed by atoms with E-state index in [4.69, 9.17) is 0 Å². The summed E-state index contributed by atoms with van der Waals surface area (Å²) in [6.07, 6.45) is 4.88. The molecule has 1 aliphatic rings. The van der Waals surface area contributed by atoms with Crippen LogP contribution in [0.15, 0.2) is 17.1 Å². The zero-order chi connectivity index (χ0) is 13.3. The molecule has 0 N–H and O–H groups in total. The van der Waals surface area contributed by atoms with E-state index in [1.54, 1.807) is 6.08 Å². The van der Waals surface area contributed by atoms with Gasteiger partial charge in [-0.1, -0.05) is 26.0 Å². The minimum absolute atomic E-state index is 0.276. The number of carbonyl (C=O) groups excluding carboxylic acids is 1. The molecule has 0 spiro atoms. The van der Waals surface area contributed by atoms with E-state index in [2.05, 4.69) is 44.8 Å². The largest absolute Gasteiger partial charge is 0.235 e. The van der Waals surface area contributed by atoms with Gasteiger partial charge in [0.05, 0.1) is 5.54 Å². The smallest absolute Gasteiger partial charge is 0.211 e. The molecule has 1 saturated carbocycles. The van der Waals surface area contributed by atoms with Gasteiger partial charge in [0, 0.05) is 0 Å². The van der Waals surface area contributed by atoms with Crippen molar-refractivity contribution in [3.63, 3.8) is 0 Å². The number of rotatable bonds is 3. The van der Waals surface area contributed by atoms with Crippen molar-refractivity contribution in [1.29, 1.82) is 0 Å². The fraction of sp³-hybridized carbons (Fsp3) is 0.562. The molecular formula is C16H21NO. The van der Waals surface area contributed by atoms with Crippen molar-refractivity contribution in [2.24, 2.45) is 4.99 Å². The summed E-state index contributed by atoms with van der Waals surface area (Å²) < 4.78 is 0. The van der Waals surface area contributed by atoms with E-state index in [0.29, 0.717) is 5.92 Å². The van der Waals surface area contributed by atoms with Gasteiger partial charge in [0.2, 0.25) is 6.08 Å². The van der Waals surface area contributed by atoms with Crippen LogP contribution in [0.5, 0.6) is 0 Å². The van der Waals surface area contributed by atoms with E-state index >= 15 is 0 Å². The lowest BCUT2D eigenvalue weighted by molar-refractivity contribution is 0.254. The third kappa shape index (κ3) is 2.02. The van der Waals surface area contributed by atoms with Crippen LogP contribution in [0.4, 0.5) is 0 Å². The van der Waals surface area contributed by atoms with Crippen molar-refractivity contribution in [2.45, 2.75) is 58.4 Å². The molecule has 1 aromatic rings. The highest BCUT2D eigenvalue weighted by Crippen LogP contribution is 2.47. The first kappa shape index (κ1) is 13.0. The van der Waals surface area contributed by atoms with Gasteiger partial charge in [0.25, 0.3) is 0 Å². The van der Waals surface area contributed by atoms with Crippen LogP contribution in [-0.4, -0.2) is 6.08 Å². The summed E-state index contributed by atoms with van der Waals surface area (Å²) in [4.78, 5) is 14.8. The van der Waals surface area contributed by atoms with Crippen molar-refractivity contribution in [1.82, 2.24) is 0 Å². The van der Waals surface area contributed by atoms with Crippen LogP contribution >= 0.6 is 0 Å². The molecule has 1 aliphatic carbocycles. The standard InChI is InChI=1S/C16H21NO/c1-11(2)14-8-12(3)13(4)15(9-14)16(17-10-18)6-5-7-16/h8-9,11H,5-7H2,1-4H3. The molecule has 2 heteroatoms. The van der Waals surface area contributed by atoms with Crippen LogP contribution in [0.3, 0.4) is 0 Å². The van der Waals surface area contributed by atoms with Crippen LogP contribution in [-0.2, 0) is 10.3 Å². The average Bonchev–Trinajstić information content (AvgIpc) is 2.27. The Hall–Kier alpha value is -1.40. The first-order chi connectivity index (χ1) is 8.50. The third-order valence-corrected chi connectivity index (χ3v) is 4.30. The monoisotopic (exact) mass is 243 g/mol. The Bertz CT molecular complexity index is 506. The Balaban J connectivity index is 2.58. The first-order valence-electron chi connectivity index (χ1n) is 6.71. The van der Waals surface area contributed by atoms with Crippen molar-refractivity contribution in [3.05, 3.63) is 34.4 Å². The molecule has 0 aliphatic heterocycles. The van der Waals surface area contributed by atoms with Crippen molar-refractivity contribution in [2.75, 3.05) is 0 Å². The summed E-state index contributed by atoms with van der Waals surface area (Å²) >= 11 is 0. The third-order valence-electron chi connectivity index (χ3n) is 4.30. The first-order valence-corrected chi connectivity index (χ1v) is 6.71. The molecule has 0 radical (unpaired) electrons. The molecule has 2 nitrogen and oxygen atoms in total. The summed E-state index contributed by atoms with van der Waals surface area (Å²) in [5.74, 6) is 0.500. The highest BCUT2D eigenvalue weighted by Gasteiger charge is 2.40. The lowest BCUT2D eigenvalue weighted by Gasteiger charge is -2.39. The lowest BCUT2D eigenvalue weighted by Crippen LogP contribution is -2.33. The Kier molecular flexibility index (Phi) is 3.41. The summed E-state index contributed by atoms with van der Waals surface area (Å²) in [7, 11) is 0. The fourth-order valence-corrected chi connectivity index (χ4v) is 2.74. The predicted molar refractivity (Wildman–Crippen MR) is 73.7 cm³/mol. The quantitative estimate of drug-likeness (QED) is 0.579. The van der Waals surface area contributed by atoms with Crippen LogP contribution in [0.25, 0.3) is 0 Å². The van der Waals surface area contributed by atoms with Gasteiger partial charge in [-0.25, -0.2) is 4.79 Å². The molecular weight excluding hydrogens is 222 g/mol. The topological polar surface area (TPSA) is 29.4 Å². The maximum atomic E-state index is 10.7. The molecule has 18 heavy (non-hydrogen) atoms. The molecule has 96 valence electrons.